The van der Waals surface area contributed by atoms with Gasteiger partial charge in [0.15, 0.2) is 0 Å². The minimum atomic E-state index is -0.211. The predicted molar refractivity (Wildman–Crippen MR) is 104 cm³/mol. The van der Waals surface area contributed by atoms with E-state index < -0.39 is 0 Å². The Morgan fingerprint density at radius 1 is 1.08 bits per heavy atom. The fourth-order valence-corrected chi connectivity index (χ4v) is 4.02. The van der Waals surface area contributed by atoms with Crippen LogP contribution in [0.1, 0.15) is 15.2 Å². The summed E-state index contributed by atoms with van der Waals surface area (Å²) >= 11 is 7.39. The lowest BCUT2D eigenvalue weighted by molar-refractivity contribution is 0.0952. The maximum Gasteiger partial charge on any atom is 0.265 e. The van der Waals surface area contributed by atoms with E-state index in [4.69, 9.17) is 25.8 Å². The number of amides is 1. The van der Waals surface area contributed by atoms with Crippen LogP contribution in [0, 0.1) is 0 Å². The molecule has 5 nitrogen and oxygen atoms in total. The molecule has 136 valence electrons. The Kier molecular flexibility index (Phi) is 5.54. The first-order valence-electron chi connectivity index (χ1n) is 7.82. The van der Waals surface area contributed by atoms with Crippen LogP contribution >= 0.6 is 22.9 Å². The van der Waals surface area contributed by atoms with Crippen molar-refractivity contribution in [2.24, 2.45) is 0 Å². The van der Waals surface area contributed by atoms with Gasteiger partial charge in [0, 0.05) is 33.3 Å². The van der Waals surface area contributed by atoms with Crippen molar-refractivity contribution in [3.05, 3.63) is 51.9 Å². The van der Waals surface area contributed by atoms with Gasteiger partial charge in [0.2, 0.25) is 0 Å². The highest BCUT2D eigenvalue weighted by Gasteiger charge is 2.19. The normalized spacial score (nSPS) is 10.6. The van der Waals surface area contributed by atoms with Crippen molar-refractivity contribution >= 4 is 38.9 Å². The lowest BCUT2D eigenvalue weighted by Gasteiger charge is -2.11. The Morgan fingerprint density at radius 2 is 1.88 bits per heavy atom. The number of hydrogen-bond donors (Lipinski definition) is 1. The number of carbonyl (C=O) groups excluding carboxylic acids is 1. The Balaban J connectivity index is 1.84. The first kappa shape index (κ1) is 18.4. The number of methoxy groups -OCH3 is 3. The highest BCUT2D eigenvalue weighted by molar-refractivity contribution is 7.21. The van der Waals surface area contributed by atoms with Crippen LogP contribution in [0.4, 0.5) is 0 Å². The molecule has 0 bridgehead atoms. The van der Waals surface area contributed by atoms with Crippen molar-refractivity contribution in [2.75, 3.05) is 21.3 Å². The number of benzene rings is 2. The summed E-state index contributed by atoms with van der Waals surface area (Å²) in [6.07, 6.45) is 0. The van der Waals surface area contributed by atoms with Crippen LogP contribution in [0.25, 0.3) is 10.1 Å². The Labute approximate surface area is 160 Å². The molecular formula is C19H18ClNO4S. The van der Waals surface area contributed by atoms with Gasteiger partial charge >= 0.3 is 0 Å². The first-order chi connectivity index (χ1) is 12.6. The molecule has 3 rings (SSSR count). The lowest BCUT2D eigenvalue weighted by Crippen LogP contribution is -2.22. The Morgan fingerprint density at radius 3 is 2.58 bits per heavy atom. The van der Waals surface area contributed by atoms with E-state index in [1.807, 2.05) is 24.3 Å². The van der Waals surface area contributed by atoms with E-state index >= 15 is 0 Å². The molecule has 0 fully saturated rings. The van der Waals surface area contributed by atoms with Crippen LogP contribution in [0.2, 0.25) is 5.02 Å². The number of hydrogen-bond acceptors (Lipinski definition) is 5. The van der Waals surface area contributed by atoms with Crippen LogP contribution in [0.3, 0.4) is 0 Å². The molecule has 0 saturated heterocycles. The molecule has 0 spiro atoms. The minimum Gasteiger partial charge on any atom is -0.497 e. The molecule has 0 aliphatic heterocycles. The average Bonchev–Trinajstić information content (AvgIpc) is 3.03. The van der Waals surface area contributed by atoms with E-state index in [1.165, 1.54) is 11.3 Å². The molecule has 0 radical (unpaired) electrons. The van der Waals surface area contributed by atoms with Crippen molar-refractivity contribution in [2.45, 2.75) is 6.54 Å². The number of carbonyl (C=O) groups is 1. The van der Waals surface area contributed by atoms with E-state index in [1.54, 1.807) is 33.5 Å². The van der Waals surface area contributed by atoms with Crippen LogP contribution in [-0.2, 0) is 6.54 Å². The van der Waals surface area contributed by atoms with E-state index in [-0.39, 0.29) is 5.91 Å². The van der Waals surface area contributed by atoms with Gasteiger partial charge in [-0.05, 0) is 30.3 Å². The number of nitrogens with one attached hydrogen (secondary N) is 1. The standard InChI is InChI=1S/C19H18ClNO4S/c1-23-13-6-4-11(15(9-13)24-2)10-21-19(22)18-17(25-3)14-7-5-12(20)8-16(14)26-18/h4-9H,10H2,1-3H3,(H,21,22). The topological polar surface area (TPSA) is 56.8 Å². The van der Waals surface area contributed by atoms with E-state index in [0.29, 0.717) is 33.7 Å². The van der Waals surface area contributed by atoms with Crippen LogP contribution < -0.4 is 19.5 Å². The van der Waals surface area contributed by atoms with Crippen molar-refractivity contribution < 1.29 is 19.0 Å². The second kappa shape index (κ2) is 7.85. The zero-order valence-corrected chi connectivity index (χ0v) is 16.2. The van der Waals surface area contributed by atoms with Gasteiger partial charge in [-0.1, -0.05) is 11.6 Å². The summed E-state index contributed by atoms with van der Waals surface area (Å²) in [6.45, 7) is 0.324. The fraction of sp³-hybridized carbons (Fsp3) is 0.211. The molecule has 1 aromatic heterocycles. The molecule has 26 heavy (non-hydrogen) atoms. The minimum absolute atomic E-state index is 0.211. The van der Waals surface area contributed by atoms with E-state index in [0.717, 1.165) is 15.6 Å². The first-order valence-corrected chi connectivity index (χ1v) is 9.02. The SMILES string of the molecule is COc1ccc(CNC(=O)c2sc3cc(Cl)ccc3c2OC)c(OC)c1. The van der Waals surface area contributed by atoms with Crippen LogP contribution in [0.5, 0.6) is 17.2 Å². The Bertz CT molecular complexity index is 954. The van der Waals surface area contributed by atoms with Gasteiger partial charge in [-0.3, -0.25) is 4.79 Å². The molecule has 0 unspecified atom stereocenters. The number of rotatable bonds is 6. The summed E-state index contributed by atoms with van der Waals surface area (Å²) < 4.78 is 16.9. The third kappa shape index (κ3) is 3.57. The van der Waals surface area contributed by atoms with Gasteiger partial charge in [-0.15, -0.1) is 11.3 Å². The number of halogens is 1. The van der Waals surface area contributed by atoms with Crippen LogP contribution in [0.15, 0.2) is 36.4 Å². The van der Waals surface area contributed by atoms with Gasteiger partial charge in [0.25, 0.3) is 5.91 Å². The van der Waals surface area contributed by atoms with Crippen molar-refractivity contribution in [3.8, 4) is 17.2 Å². The van der Waals surface area contributed by atoms with Gasteiger partial charge in [0.1, 0.15) is 22.1 Å². The third-order valence-electron chi connectivity index (χ3n) is 3.95. The largest absolute Gasteiger partial charge is 0.497 e. The third-order valence-corrected chi connectivity index (χ3v) is 5.32. The second-order valence-corrected chi connectivity index (χ2v) is 6.95. The molecule has 2 aromatic carbocycles. The molecule has 1 amide bonds. The molecular weight excluding hydrogens is 374 g/mol. The quantitative estimate of drug-likeness (QED) is 0.671. The lowest BCUT2D eigenvalue weighted by atomic mass is 10.2. The Hall–Kier alpha value is -2.44. The average molecular weight is 392 g/mol. The summed E-state index contributed by atoms with van der Waals surface area (Å²) in [5, 5.41) is 4.41. The monoisotopic (exact) mass is 391 g/mol. The summed E-state index contributed by atoms with van der Waals surface area (Å²) in [6, 6.07) is 10.9. The molecule has 0 saturated carbocycles. The summed E-state index contributed by atoms with van der Waals surface area (Å²) in [5.74, 6) is 1.69. The van der Waals surface area contributed by atoms with E-state index in [2.05, 4.69) is 5.32 Å². The summed E-state index contributed by atoms with van der Waals surface area (Å²) in [7, 11) is 4.73. The maximum absolute atomic E-state index is 12.7. The smallest absolute Gasteiger partial charge is 0.265 e. The maximum atomic E-state index is 12.7. The molecule has 1 heterocycles. The van der Waals surface area contributed by atoms with Gasteiger partial charge < -0.3 is 19.5 Å². The number of fused-ring (bicyclic) bond motifs is 1. The highest BCUT2D eigenvalue weighted by Crippen LogP contribution is 2.39. The molecule has 1 N–H and O–H groups in total. The van der Waals surface area contributed by atoms with Crippen molar-refractivity contribution in [3.63, 3.8) is 0 Å². The highest BCUT2D eigenvalue weighted by atomic mass is 35.5. The zero-order valence-electron chi connectivity index (χ0n) is 14.6. The van der Waals surface area contributed by atoms with Gasteiger partial charge in [-0.25, -0.2) is 0 Å². The molecule has 0 aliphatic carbocycles. The van der Waals surface area contributed by atoms with Crippen LogP contribution in [-0.4, -0.2) is 27.2 Å². The fourth-order valence-electron chi connectivity index (χ4n) is 2.65. The molecule has 7 heteroatoms. The van der Waals surface area contributed by atoms with E-state index in [9.17, 15) is 4.79 Å². The van der Waals surface area contributed by atoms with Gasteiger partial charge in [0.05, 0.1) is 21.3 Å². The predicted octanol–water partition coefficient (Wildman–Crippen LogP) is 4.51. The summed E-state index contributed by atoms with van der Waals surface area (Å²) in [4.78, 5) is 13.2. The van der Waals surface area contributed by atoms with Crippen molar-refractivity contribution in [1.29, 1.82) is 0 Å². The number of thiophene rings is 1. The molecule has 3 aromatic rings. The molecule has 0 aliphatic rings. The second-order valence-electron chi connectivity index (χ2n) is 5.47. The zero-order chi connectivity index (χ0) is 18.7. The van der Waals surface area contributed by atoms with Gasteiger partial charge in [-0.2, -0.15) is 0 Å². The summed E-state index contributed by atoms with van der Waals surface area (Å²) in [5.41, 5.74) is 0.852. The number of ether oxygens (including phenoxy) is 3. The molecule has 0 atom stereocenters. The van der Waals surface area contributed by atoms with Crippen molar-refractivity contribution in [1.82, 2.24) is 5.32 Å².